The first-order valence-corrected chi connectivity index (χ1v) is 7.59. The number of hydrogen-bond donors (Lipinski definition) is 2. The van der Waals surface area contributed by atoms with Gasteiger partial charge in [-0.15, -0.1) is 0 Å². The van der Waals surface area contributed by atoms with Crippen molar-refractivity contribution < 1.29 is 4.39 Å². The highest BCUT2D eigenvalue weighted by Crippen LogP contribution is 2.33. The van der Waals surface area contributed by atoms with Gasteiger partial charge in [-0.1, -0.05) is 17.7 Å². The molecule has 0 atom stereocenters. The third kappa shape index (κ3) is 2.56. The smallest absolute Gasteiger partial charge is 0.123 e. The number of halogens is 2. The minimum absolute atomic E-state index is 0.224. The number of benzene rings is 2. The molecule has 2 aromatic carbocycles. The molecule has 112 valence electrons. The molecule has 2 aliphatic heterocycles. The second-order valence-electron chi connectivity index (χ2n) is 5.66. The van der Waals surface area contributed by atoms with Gasteiger partial charge in [0.05, 0.1) is 6.54 Å². The Labute approximate surface area is 133 Å². The van der Waals surface area contributed by atoms with E-state index < -0.39 is 0 Å². The highest BCUT2D eigenvalue weighted by Gasteiger charge is 2.26. The van der Waals surface area contributed by atoms with Crippen LogP contribution in [0.3, 0.4) is 0 Å². The van der Waals surface area contributed by atoms with Crippen molar-refractivity contribution in [2.45, 2.75) is 6.42 Å². The molecular weight excluding hydrogens is 301 g/mol. The molecule has 3 nitrogen and oxygen atoms in total. The molecule has 0 fully saturated rings. The standard InChI is InChI=1S/C17H15ClFN3/c18-13-2-1-11-7-12-9-22(10-17(12)20-16(11)8-13)21-15-5-3-14(19)4-6-15/h1-6,8,20-21H,7,9-10H2. The van der Waals surface area contributed by atoms with Gasteiger partial charge in [-0.3, -0.25) is 0 Å². The van der Waals surface area contributed by atoms with E-state index in [0.29, 0.717) is 0 Å². The topological polar surface area (TPSA) is 27.3 Å². The van der Waals surface area contributed by atoms with Gasteiger partial charge < -0.3 is 10.7 Å². The fourth-order valence-corrected chi connectivity index (χ4v) is 3.14. The van der Waals surface area contributed by atoms with E-state index in [-0.39, 0.29) is 5.82 Å². The summed E-state index contributed by atoms with van der Waals surface area (Å²) in [6.45, 7) is 1.64. The van der Waals surface area contributed by atoms with Crippen LogP contribution in [0.25, 0.3) is 0 Å². The van der Waals surface area contributed by atoms with Gasteiger partial charge in [0.15, 0.2) is 0 Å². The predicted molar refractivity (Wildman–Crippen MR) is 87.4 cm³/mol. The Bertz CT molecular complexity index is 755. The van der Waals surface area contributed by atoms with Crippen molar-refractivity contribution in [2.75, 3.05) is 23.8 Å². The largest absolute Gasteiger partial charge is 0.357 e. The Morgan fingerprint density at radius 1 is 1.09 bits per heavy atom. The summed E-state index contributed by atoms with van der Waals surface area (Å²) in [6, 6.07) is 12.4. The van der Waals surface area contributed by atoms with Gasteiger partial charge in [-0.25, -0.2) is 9.40 Å². The van der Waals surface area contributed by atoms with Crippen LogP contribution in [0.15, 0.2) is 53.7 Å². The van der Waals surface area contributed by atoms with Crippen molar-refractivity contribution in [3.05, 3.63) is 70.1 Å². The number of anilines is 2. The van der Waals surface area contributed by atoms with Crippen LogP contribution < -0.4 is 10.7 Å². The Morgan fingerprint density at radius 2 is 1.91 bits per heavy atom. The molecule has 0 spiro atoms. The Balaban J connectivity index is 1.47. The third-order valence-corrected chi connectivity index (χ3v) is 4.29. The first kappa shape index (κ1) is 13.6. The van der Waals surface area contributed by atoms with Gasteiger partial charge in [-0.05, 0) is 54.0 Å². The van der Waals surface area contributed by atoms with Gasteiger partial charge in [-0.2, -0.15) is 0 Å². The third-order valence-electron chi connectivity index (χ3n) is 4.05. The predicted octanol–water partition coefficient (Wildman–Crippen LogP) is 4.04. The Hall–Kier alpha value is -2.04. The lowest BCUT2D eigenvalue weighted by Gasteiger charge is -2.20. The zero-order valence-corrected chi connectivity index (χ0v) is 12.6. The fraction of sp³-hybridized carbons (Fsp3) is 0.176. The van der Waals surface area contributed by atoms with Crippen LogP contribution in [0, 0.1) is 5.82 Å². The minimum Gasteiger partial charge on any atom is -0.357 e. The molecule has 2 aliphatic rings. The molecule has 2 aromatic rings. The fourth-order valence-electron chi connectivity index (χ4n) is 2.97. The molecule has 0 radical (unpaired) electrons. The number of nitrogens with one attached hydrogen (secondary N) is 2. The van der Waals surface area contributed by atoms with E-state index in [1.807, 2.05) is 12.1 Å². The molecule has 0 aliphatic carbocycles. The lowest BCUT2D eigenvalue weighted by molar-refractivity contribution is 0.416. The van der Waals surface area contributed by atoms with E-state index in [1.54, 1.807) is 12.1 Å². The molecule has 0 amide bonds. The number of hydrogen-bond acceptors (Lipinski definition) is 3. The molecule has 0 saturated heterocycles. The van der Waals surface area contributed by atoms with Crippen LogP contribution in [0.5, 0.6) is 0 Å². The maximum absolute atomic E-state index is 13.0. The van der Waals surface area contributed by atoms with Crippen molar-refractivity contribution in [3.63, 3.8) is 0 Å². The molecule has 0 bridgehead atoms. The summed E-state index contributed by atoms with van der Waals surface area (Å²) in [6.07, 6.45) is 0.941. The van der Waals surface area contributed by atoms with Crippen LogP contribution >= 0.6 is 11.6 Å². The molecule has 0 aromatic heterocycles. The molecule has 5 heteroatoms. The minimum atomic E-state index is -0.224. The molecule has 2 N–H and O–H groups in total. The van der Waals surface area contributed by atoms with E-state index in [9.17, 15) is 4.39 Å². The van der Waals surface area contributed by atoms with Crippen molar-refractivity contribution in [1.82, 2.24) is 5.01 Å². The van der Waals surface area contributed by atoms with Crippen LogP contribution in [0.4, 0.5) is 15.8 Å². The van der Waals surface area contributed by atoms with E-state index >= 15 is 0 Å². The summed E-state index contributed by atoms with van der Waals surface area (Å²) in [5, 5.41) is 6.35. The van der Waals surface area contributed by atoms with Crippen molar-refractivity contribution in [3.8, 4) is 0 Å². The lowest BCUT2D eigenvalue weighted by atomic mass is 9.99. The second-order valence-corrected chi connectivity index (χ2v) is 6.10. The van der Waals surface area contributed by atoms with Crippen LogP contribution in [-0.2, 0) is 6.42 Å². The number of fused-ring (bicyclic) bond motifs is 1. The molecule has 4 rings (SSSR count). The SMILES string of the molecule is Fc1ccc(NN2CC3=C(C2)Nc2cc(Cl)ccc2C3)cc1. The van der Waals surface area contributed by atoms with Gasteiger partial charge in [0.1, 0.15) is 5.82 Å². The first-order chi connectivity index (χ1) is 10.7. The number of nitrogens with zero attached hydrogens (tertiary/aromatic N) is 1. The van der Waals surface area contributed by atoms with Gasteiger partial charge >= 0.3 is 0 Å². The number of hydrazine groups is 1. The van der Waals surface area contributed by atoms with E-state index in [4.69, 9.17) is 11.6 Å². The highest BCUT2D eigenvalue weighted by atomic mass is 35.5. The lowest BCUT2D eigenvalue weighted by Crippen LogP contribution is -2.28. The first-order valence-electron chi connectivity index (χ1n) is 7.21. The highest BCUT2D eigenvalue weighted by molar-refractivity contribution is 6.30. The molecular formula is C17H15ClFN3. The summed E-state index contributed by atoms with van der Waals surface area (Å²) in [4.78, 5) is 0. The van der Waals surface area contributed by atoms with Crippen molar-refractivity contribution >= 4 is 23.0 Å². The quantitative estimate of drug-likeness (QED) is 0.875. The summed E-state index contributed by atoms with van der Waals surface area (Å²) < 4.78 is 13.0. The Kier molecular flexibility index (Phi) is 3.28. The summed E-state index contributed by atoms with van der Waals surface area (Å²) in [7, 11) is 0. The monoisotopic (exact) mass is 315 g/mol. The zero-order chi connectivity index (χ0) is 15.1. The van der Waals surface area contributed by atoms with Crippen LogP contribution in [-0.4, -0.2) is 18.1 Å². The van der Waals surface area contributed by atoms with Gasteiger partial charge in [0, 0.05) is 28.6 Å². The molecule has 0 saturated carbocycles. The average Bonchev–Trinajstić information content (AvgIpc) is 2.88. The molecule has 0 unspecified atom stereocenters. The maximum atomic E-state index is 13.0. The molecule has 2 heterocycles. The summed E-state index contributed by atoms with van der Waals surface area (Å²) >= 11 is 6.06. The van der Waals surface area contributed by atoms with Crippen molar-refractivity contribution in [2.24, 2.45) is 0 Å². The number of rotatable bonds is 2. The van der Waals surface area contributed by atoms with E-state index in [2.05, 4.69) is 21.8 Å². The Morgan fingerprint density at radius 3 is 2.73 bits per heavy atom. The second kappa shape index (κ2) is 5.30. The zero-order valence-electron chi connectivity index (χ0n) is 11.9. The molecule has 22 heavy (non-hydrogen) atoms. The maximum Gasteiger partial charge on any atom is 0.123 e. The van der Waals surface area contributed by atoms with E-state index in [1.165, 1.54) is 29.0 Å². The van der Waals surface area contributed by atoms with Gasteiger partial charge in [0.2, 0.25) is 0 Å². The summed E-state index contributed by atoms with van der Waals surface area (Å²) in [5.74, 6) is -0.224. The van der Waals surface area contributed by atoms with Crippen LogP contribution in [0.1, 0.15) is 5.56 Å². The van der Waals surface area contributed by atoms with E-state index in [0.717, 1.165) is 35.9 Å². The van der Waals surface area contributed by atoms with Gasteiger partial charge in [0.25, 0.3) is 0 Å². The normalized spacial score (nSPS) is 17.0. The average molecular weight is 316 g/mol. The van der Waals surface area contributed by atoms with Crippen LogP contribution in [0.2, 0.25) is 5.02 Å². The summed E-state index contributed by atoms with van der Waals surface area (Å²) in [5.41, 5.74) is 9.18. The van der Waals surface area contributed by atoms with Crippen molar-refractivity contribution in [1.29, 1.82) is 0 Å².